The number of carbonyl (C=O) groups excluding carboxylic acids is 3. The van der Waals surface area contributed by atoms with Crippen LogP contribution in [-0.4, -0.2) is 57.5 Å². The summed E-state index contributed by atoms with van der Waals surface area (Å²) in [5.74, 6) is 7.60. The van der Waals surface area contributed by atoms with Crippen molar-refractivity contribution in [1.29, 1.82) is 0 Å². The van der Waals surface area contributed by atoms with E-state index in [0.29, 0.717) is 0 Å². The van der Waals surface area contributed by atoms with Gasteiger partial charge in [-0.05, 0) is 24.3 Å². The minimum Gasteiger partial charge on any atom is -0.481 e. The van der Waals surface area contributed by atoms with Gasteiger partial charge in [0.25, 0.3) is 11.8 Å². The second kappa shape index (κ2) is 15.4. The van der Waals surface area contributed by atoms with Crippen LogP contribution >= 0.6 is 0 Å². The van der Waals surface area contributed by atoms with Crippen LogP contribution < -0.4 is 29.6 Å². The third kappa shape index (κ3) is 9.35. The number of benzene rings is 2. The Kier molecular flexibility index (Phi) is 11.7. The lowest BCUT2D eigenvalue weighted by Crippen LogP contribution is -2.53. The Morgan fingerprint density at radius 1 is 0.641 bits per heavy atom. The monoisotopic (exact) mass is 528 g/mol. The van der Waals surface area contributed by atoms with Gasteiger partial charge in [-0.25, -0.2) is 4.79 Å². The third-order valence-electron chi connectivity index (χ3n) is 4.56. The maximum absolute atomic E-state index is 13.1. The summed E-state index contributed by atoms with van der Waals surface area (Å²) in [5.41, 5.74) is 0.0451. The Balaban J connectivity index is 2.31. The first-order chi connectivity index (χ1) is 18.8. The predicted octanol–water partition coefficient (Wildman–Crippen LogP) is 1.39. The van der Waals surface area contributed by atoms with Gasteiger partial charge < -0.3 is 34.3 Å². The van der Waals surface area contributed by atoms with Crippen molar-refractivity contribution in [1.82, 2.24) is 10.6 Å². The summed E-state index contributed by atoms with van der Waals surface area (Å²) in [6, 6.07) is 8.44. The lowest BCUT2D eigenvalue weighted by molar-refractivity contribution is -0.143. The summed E-state index contributed by atoms with van der Waals surface area (Å²) in [6.45, 7) is -0.287. The van der Waals surface area contributed by atoms with Gasteiger partial charge in [-0.2, -0.15) is 0 Å². The first-order valence-electron chi connectivity index (χ1n) is 11.1. The van der Waals surface area contributed by atoms with Gasteiger partial charge in [0, 0.05) is 23.3 Å². The number of carbonyl (C=O) groups is 3. The Bertz CT molecular complexity index is 1200. The van der Waals surface area contributed by atoms with Crippen LogP contribution in [0, 0.1) is 49.4 Å². The lowest BCUT2D eigenvalue weighted by Gasteiger charge is -2.19. The van der Waals surface area contributed by atoms with Gasteiger partial charge in [-0.3, -0.25) is 9.59 Å². The molecule has 0 saturated carbocycles. The Hall–Kier alpha value is -5.71. The number of esters is 1. The molecular formula is C29H24N2O8. The van der Waals surface area contributed by atoms with Gasteiger partial charge in [-0.15, -0.1) is 25.7 Å². The molecule has 2 amide bonds. The largest absolute Gasteiger partial charge is 0.481 e. The van der Waals surface area contributed by atoms with E-state index in [9.17, 15) is 14.4 Å². The van der Waals surface area contributed by atoms with Gasteiger partial charge in [0.05, 0.1) is 7.11 Å². The van der Waals surface area contributed by atoms with Crippen molar-refractivity contribution in [3.8, 4) is 72.4 Å². The van der Waals surface area contributed by atoms with Crippen LogP contribution in [0.4, 0.5) is 0 Å². The maximum atomic E-state index is 13.1. The number of nitrogens with one attached hydrogen (secondary N) is 2. The van der Waals surface area contributed by atoms with Crippen molar-refractivity contribution >= 4 is 17.8 Å². The molecule has 39 heavy (non-hydrogen) atoms. The number of hydrogen-bond acceptors (Lipinski definition) is 8. The van der Waals surface area contributed by atoms with Crippen LogP contribution in [0.3, 0.4) is 0 Å². The molecular weight excluding hydrogens is 504 g/mol. The summed E-state index contributed by atoms with van der Waals surface area (Å²) in [5, 5.41) is 4.79. The third-order valence-corrected chi connectivity index (χ3v) is 4.56. The molecule has 0 spiro atoms. The number of rotatable bonds is 13. The summed E-state index contributed by atoms with van der Waals surface area (Å²) in [4.78, 5) is 38.5. The molecule has 0 aliphatic heterocycles. The first-order valence-corrected chi connectivity index (χ1v) is 11.1. The Morgan fingerprint density at radius 2 is 0.949 bits per heavy atom. The van der Waals surface area contributed by atoms with Crippen LogP contribution in [0.2, 0.25) is 0 Å². The standard InChI is InChI=1S/C29H24N2O8/c1-6-10-36-22-14-20(15-23(18-22)37-11-7-2)27(32)30-26(29(34)35-5)31-28(33)21-16-24(38-12-8-3)19-25(17-21)39-13-9-4/h1-4,14-19,26H,10-13H2,5H3,(H,30,32)(H,31,33). The molecule has 0 bridgehead atoms. The fraction of sp³-hybridized carbons (Fsp3) is 0.207. The van der Waals surface area contributed by atoms with E-state index in [-0.39, 0.29) is 60.6 Å². The summed E-state index contributed by atoms with van der Waals surface area (Å²) < 4.78 is 26.3. The maximum Gasteiger partial charge on any atom is 0.349 e. The molecule has 2 rings (SSSR count). The molecule has 0 atom stereocenters. The molecule has 2 N–H and O–H groups in total. The molecule has 0 aliphatic rings. The van der Waals surface area contributed by atoms with Gasteiger partial charge in [-0.1, -0.05) is 23.7 Å². The highest BCUT2D eigenvalue weighted by Gasteiger charge is 2.26. The topological polar surface area (TPSA) is 121 Å². The quantitative estimate of drug-likeness (QED) is 0.227. The highest BCUT2D eigenvalue weighted by molar-refractivity contribution is 6.01. The molecule has 0 radical (unpaired) electrons. The second-order valence-corrected chi connectivity index (χ2v) is 7.26. The minimum atomic E-state index is -1.59. The van der Waals surface area contributed by atoms with Gasteiger partial charge in [0.15, 0.2) is 0 Å². The van der Waals surface area contributed by atoms with Gasteiger partial charge >= 0.3 is 5.97 Å². The molecule has 2 aromatic rings. The van der Waals surface area contributed by atoms with Crippen molar-refractivity contribution in [2.45, 2.75) is 6.17 Å². The molecule has 0 saturated heterocycles. The van der Waals surface area contributed by atoms with E-state index >= 15 is 0 Å². The fourth-order valence-corrected chi connectivity index (χ4v) is 2.94. The van der Waals surface area contributed by atoms with Gasteiger partial charge in [0.2, 0.25) is 6.17 Å². The van der Waals surface area contributed by atoms with Crippen LogP contribution in [0.5, 0.6) is 23.0 Å². The zero-order chi connectivity index (χ0) is 28.6. The predicted molar refractivity (Wildman–Crippen MR) is 141 cm³/mol. The summed E-state index contributed by atoms with van der Waals surface area (Å²) in [6.07, 6.45) is 19.3. The van der Waals surface area contributed by atoms with Gasteiger partial charge in [0.1, 0.15) is 49.4 Å². The molecule has 0 fully saturated rings. The van der Waals surface area contributed by atoms with E-state index in [1.165, 1.54) is 36.4 Å². The highest BCUT2D eigenvalue weighted by Crippen LogP contribution is 2.24. The normalized spacial score (nSPS) is 9.49. The lowest BCUT2D eigenvalue weighted by atomic mass is 10.1. The number of ether oxygens (including phenoxy) is 5. The van der Waals surface area contributed by atoms with E-state index < -0.39 is 23.9 Å². The molecule has 0 unspecified atom stereocenters. The summed E-state index contributed by atoms with van der Waals surface area (Å²) in [7, 11) is 1.09. The fourth-order valence-electron chi connectivity index (χ4n) is 2.94. The van der Waals surface area contributed by atoms with E-state index in [0.717, 1.165) is 7.11 Å². The Morgan fingerprint density at radius 3 is 1.21 bits per heavy atom. The van der Waals surface area contributed by atoms with Crippen LogP contribution in [0.25, 0.3) is 0 Å². The molecule has 10 nitrogen and oxygen atoms in total. The number of hydrogen-bond donors (Lipinski definition) is 2. The molecule has 10 heteroatoms. The van der Waals surface area contributed by atoms with E-state index in [2.05, 4.69) is 34.3 Å². The van der Waals surface area contributed by atoms with Crippen LogP contribution in [0.15, 0.2) is 36.4 Å². The zero-order valence-electron chi connectivity index (χ0n) is 20.9. The summed E-state index contributed by atoms with van der Waals surface area (Å²) >= 11 is 0. The SMILES string of the molecule is C#CCOc1cc(OCC#C)cc(C(=O)NC(NC(=O)c2cc(OCC#C)cc(OCC#C)c2)C(=O)OC)c1. The van der Waals surface area contributed by atoms with Crippen molar-refractivity contribution in [3.05, 3.63) is 47.5 Å². The molecule has 0 heterocycles. The van der Waals surface area contributed by atoms with E-state index in [1.807, 2.05) is 0 Å². The highest BCUT2D eigenvalue weighted by atomic mass is 16.5. The molecule has 0 aromatic heterocycles. The minimum absolute atomic E-state index is 0.0225. The van der Waals surface area contributed by atoms with Crippen LogP contribution in [-0.2, 0) is 9.53 Å². The van der Waals surface area contributed by atoms with Crippen molar-refractivity contribution < 1.29 is 38.1 Å². The zero-order valence-corrected chi connectivity index (χ0v) is 20.9. The number of terminal acetylenes is 4. The average Bonchev–Trinajstić information content (AvgIpc) is 2.95. The van der Waals surface area contributed by atoms with E-state index in [1.54, 1.807) is 0 Å². The smallest absolute Gasteiger partial charge is 0.349 e. The number of methoxy groups -OCH3 is 1. The Labute approximate surface area is 226 Å². The van der Waals surface area contributed by atoms with Crippen molar-refractivity contribution in [2.75, 3.05) is 33.5 Å². The van der Waals surface area contributed by atoms with E-state index in [4.69, 9.17) is 49.4 Å². The van der Waals surface area contributed by atoms with Crippen molar-refractivity contribution in [2.24, 2.45) is 0 Å². The molecule has 2 aromatic carbocycles. The van der Waals surface area contributed by atoms with Crippen molar-refractivity contribution in [3.63, 3.8) is 0 Å². The molecule has 198 valence electrons. The van der Waals surface area contributed by atoms with Crippen LogP contribution in [0.1, 0.15) is 20.7 Å². The molecule has 0 aliphatic carbocycles. The first kappa shape index (κ1) is 29.5. The average molecular weight is 529 g/mol. The second-order valence-electron chi connectivity index (χ2n) is 7.26. The number of amides is 2.